The standard InChI is InChI=1S/C32H40N6O4/c1-5-22-9-8-10-23(6-2)29(22)34-31(40)37-19-26-27(20-38(28(26)21-37)32(41)42-7-3)33-30(39)24-11-13-25(14-12-24)36-17-15-35(4)16-18-36/h8-14,20H,5-7,15-19,21H2,1-4H3,(H,33,39)(H,34,40). The number of anilines is 3. The van der Waals surface area contributed by atoms with Gasteiger partial charge in [0.25, 0.3) is 5.91 Å². The molecule has 0 aliphatic carbocycles. The van der Waals surface area contributed by atoms with Crippen LogP contribution in [-0.2, 0) is 30.7 Å². The normalized spacial score (nSPS) is 15.0. The molecule has 0 radical (unpaired) electrons. The minimum Gasteiger partial charge on any atom is -0.449 e. The number of aryl methyl sites for hydroxylation is 2. The van der Waals surface area contributed by atoms with Gasteiger partial charge in [0, 0.05) is 54.9 Å². The van der Waals surface area contributed by atoms with Crippen LogP contribution in [0.2, 0.25) is 0 Å². The molecule has 5 rings (SSSR count). The molecule has 10 nitrogen and oxygen atoms in total. The fraction of sp³-hybridized carbons (Fsp3) is 0.406. The summed E-state index contributed by atoms with van der Waals surface area (Å²) in [7, 11) is 2.12. The lowest BCUT2D eigenvalue weighted by Gasteiger charge is -2.34. The van der Waals surface area contributed by atoms with Gasteiger partial charge in [-0.3, -0.25) is 9.36 Å². The average Bonchev–Trinajstić information content (AvgIpc) is 3.58. The predicted octanol–water partition coefficient (Wildman–Crippen LogP) is 5.17. The number of rotatable bonds is 7. The van der Waals surface area contributed by atoms with Crippen molar-refractivity contribution in [3.63, 3.8) is 0 Å². The van der Waals surface area contributed by atoms with Crippen LogP contribution in [0.25, 0.3) is 0 Å². The van der Waals surface area contributed by atoms with Gasteiger partial charge in [0.2, 0.25) is 0 Å². The van der Waals surface area contributed by atoms with Crippen molar-refractivity contribution in [2.45, 2.75) is 46.7 Å². The van der Waals surface area contributed by atoms with Crippen LogP contribution < -0.4 is 15.5 Å². The molecule has 0 unspecified atom stereocenters. The average molecular weight is 573 g/mol. The molecule has 2 aliphatic heterocycles. The predicted molar refractivity (Wildman–Crippen MR) is 164 cm³/mol. The molecule has 1 saturated heterocycles. The molecule has 3 amide bonds. The number of hydrogen-bond acceptors (Lipinski definition) is 6. The molecule has 1 aromatic heterocycles. The summed E-state index contributed by atoms with van der Waals surface area (Å²) in [5.74, 6) is -0.281. The van der Waals surface area contributed by atoms with Gasteiger partial charge in [-0.2, -0.15) is 0 Å². The van der Waals surface area contributed by atoms with Crippen molar-refractivity contribution in [2.75, 3.05) is 55.4 Å². The molecule has 3 aromatic rings. The van der Waals surface area contributed by atoms with Crippen molar-refractivity contribution in [3.05, 3.63) is 76.6 Å². The fourth-order valence-corrected chi connectivity index (χ4v) is 5.64. The molecule has 0 bridgehead atoms. The van der Waals surface area contributed by atoms with Gasteiger partial charge < -0.3 is 30.1 Å². The Kier molecular flexibility index (Phi) is 8.82. The summed E-state index contributed by atoms with van der Waals surface area (Å²) >= 11 is 0. The first kappa shape index (κ1) is 29.2. The molecule has 0 atom stereocenters. The Labute approximate surface area is 247 Å². The lowest BCUT2D eigenvalue weighted by molar-refractivity contribution is 0.102. The number of aromatic nitrogens is 1. The topological polar surface area (TPSA) is 99.2 Å². The monoisotopic (exact) mass is 572 g/mol. The number of nitrogens with one attached hydrogen (secondary N) is 2. The third kappa shape index (κ3) is 5.99. The van der Waals surface area contributed by atoms with Crippen molar-refractivity contribution in [1.29, 1.82) is 0 Å². The Morgan fingerprint density at radius 1 is 0.857 bits per heavy atom. The highest BCUT2D eigenvalue weighted by molar-refractivity contribution is 6.05. The zero-order valence-corrected chi connectivity index (χ0v) is 24.9. The third-order valence-electron chi connectivity index (χ3n) is 8.14. The molecule has 3 heterocycles. The Balaban J connectivity index is 1.34. The highest BCUT2D eigenvalue weighted by atomic mass is 16.5. The largest absolute Gasteiger partial charge is 0.449 e. The van der Waals surface area contributed by atoms with Crippen LogP contribution in [-0.4, -0.2) is 72.2 Å². The van der Waals surface area contributed by atoms with E-state index in [1.807, 2.05) is 42.5 Å². The molecule has 10 heteroatoms. The summed E-state index contributed by atoms with van der Waals surface area (Å²) in [5.41, 5.74) is 6.43. The van der Waals surface area contributed by atoms with E-state index in [9.17, 15) is 14.4 Å². The summed E-state index contributed by atoms with van der Waals surface area (Å²) in [6.45, 7) is 10.5. The fourth-order valence-electron chi connectivity index (χ4n) is 5.64. The summed E-state index contributed by atoms with van der Waals surface area (Å²) in [6.07, 6.45) is 2.64. The van der Waals surface area contributed by atoms with Crippen molar-refractivity contribution in [3.8, 4) is 0 Å². The van der Waals surface area contributed by atoms with Crippen LogP contribution in [0.5, 0.6) is 0 Å². The lowest BCUT2D eigenvalue weighted by atomic mass is 10.0. The van der Waals surface area contributed by atoms with Gasteiger partial charge in [0.05, 0.1) is 31.1 Å². The molecule has 0 spiro atoms. The number of piperazine rings is 1. The number of hydrogen-bond donors (Lipinski definition) is 2. The third-order valence-corrected chi connectivity index (χ3v) is 8.14. The Morgan fingerprint density at radius 2 is 1.52 bits per heavy atom. The molecule has 2 aromatic carbocycles. The minimum atomic E-state index is -0.544. The maximum absolute atomic E-state index is 13.5. The van der Waals surface area contributed by atoms with E-state index in [1.165, 1.54) is 4.57 Å². The van der Waals surface area contributed by atoms with E-state index in [4.69, 9.17) is 4.74 Å². The van der Waals surface area contributed by atoms with Gasteiger partial charge in [0.15, 0.2) is 0 Å². The van der Waals surface area contributed by atoms with E-state index in [2.05, 4.69) is 41.3 Å². The second kappa shape index (κ2) is 12.7. The molecule has 2 aliphatic rings. The number of urea groups is 1. The van der Waals surface area contributed by atoms with Crippen LogP contribution in [0, 0.1) is 0 Å². The molecule has 222 valence electrons. The molecule has 0 saturated carbocycles. The molecular formula is C32H40N6O4. The number of carbonyl (C=O) groups excluding carboxylic acids is 3. The maximum Gasteiger partial charge on any atom is 0.418 e. The van der Waals surface area contributed by atoms with Gasteiger partial charge in [-0.05, 0) is 62.2 Å². The van der Waals surface area contributed by atoms with E-state index in [0.29, 0.717) is 16.9 Å². The van der Waals surface area contributed by atoms with Crippen LogP contribution in [0.4, 0.5) is 26.7 Å². The smallest absolute Gasteiger partial charge is 0.418 e. The van der Waals surface area contributed by atoms with E-state index < -0.39 is 6.09 Å². The molecular weight excluding hydrogens is 532 g/mol. The van der Waals surface area contributed by atoms with Crippen LogP contribution in [0.3, 0.4) is 0 Å². The Bertz CT molecular complexity index is 1430. The number of fused-ring (bicyclic) bond motifs is 1. The van der Waals surface area contributed by atoms with Crippen molar-refractivity contribution in [1.82, 2.24) is 14.4 Å². The van der Waals surface area contributed by atoms with Crippen molar-refractivity contribution >= 4 is 35.1 Å². The van der Waals surface area contributed by atoms with Gasteiger partial charge in [-0.25, -0.2) is 9.59 Å². The molecule has 2 N–H and O–H groups in total. The van der Waals surface area contributed by atoms with E-state index in [1.54, 1.807) is 18.0 Å². The van der Waals surface area contributed by atoms with Crippen molar-refractivity contribution in [2.24, 2.45) is 0 Å². The second-order valence-corrected chi connectivity index (χ2v) is 10.8. The van der Waals surface area contributed by atoms with Gasteiger partial charge in [-0.15, -0.1) is 0 Å². The summed E-state index contributed by atoms with van der Waals surface area (Å²) in [4.78, 5) is 45.8. The quantitative estimate of drug-likeness (QED) is 0.405. The molecule has 1 fully saturated rings. The van der Waals surface area contributed by atoms with E-state index in [-0.39, 0.29) is 31.6 Å². The van der Waals surface area contributed by atoms with Gasteiger partial charge >= 0.3 is 12.1 Å². The number of ether oxygens (including phenoxy) is 1. The first-order valence-corrected chi connectivity index (χ1v) is 14.7. The number of carbonyl (C=O) groups is 3. The van der Waals surface area contributed by atoms with Crippen LogP contribution in [0.1, 0.15) is 53.5 Å². The Morgan fingerprint density at radius 3 is 2.14 bits per heavy atom. The second-order valence-electron chi connectivity index (χ2n) is 10.8. The summed E-state index contributed by atoms with van der Waals surface area (Å²) in [6, 6.07) is 13.4. The summed E-state index contributed by atoms with van der Waals surface area (Å²) < 4.78 is 6.67. The number of para-hydroxylation sites is 1. The van der Waals surface area contributed by atoms with Crippen molar-refractivity contribution < 1.29 is 19.1 Å². The van der Waals surface area contributed by atoms with Crippen LogP contribution >= 0.6 is 0 Å². The molecule has 42 heavy (non-hydrogen) atoms. The maximum atomic E-state index is 13.5. The van der Waals surface area contributed by atoms with E-state index >= 15 is 0 Å². The summed E-state index contributed by atoms with van der Waals surface area (Å²) in [5, 5.41) is 6.09. The number of benzene rings is 2. The number of likely N-dealkylation sites (N-methyl/N-ethyl adjacent to an activating group) is 1. The van der Waals surface area contributed by atoms with E-state index in [0.717, 1.165) is 67.1 Å². The highest BCUT2D eigenvalue weighted by Gasteiger charge is 2.32. The number of amides is 3. The number of nitrogens with zero attached hydrogens (tertiary/aromatic N) is 4. The lowest BCUT2D eigenvalue weighted by Crippen LogP contribution is -2.44. The van der Waals surface area contributed by atoms with Gasteiger partial charge in [-0.1, -0.05) is 32.0 Å². The zero-order valence-electron chi connectivity index (χ0n) is 24.9. The first-order chi connectivity index (χ1) is 20.3. The Hall–Kier alpha value is -4.31. The zero-order chi connectivity index (χ0) is 29.8. The highest BCUT2D eigenvalue weighted by Crippen LogP contribution is 2.33. The first-order valence-electron chi connectivity index (χ1n) is 14.7. The van der Waals surface area contributed by atoms with Crippen LogP contribution in [0.15, 0.2) is 48.7 Å². The SMILES string of the molecule is CCOC(=O)n1cc(NC(=O)c2ccc(N3CCN(C)CC3)cc2)c2c1CN(C(=O)Nc1c(CC)cccc1CC)C2. The van der Waals surface area contributed by atoms with Gasteiger partial charge in [0.1, 0.15) is 0 Å². The minimum absolute atomic E-state index is 0.213.